The number of nitrogens with zero attached hydrogens (tertiary/aromatic N) is 2. The molecule has 0 atom stereocenters. The van der Waals surface area contributed by atoms with Gasteiger partial charge in [-0.25, -0.2) is 4.79 Å². The normalized spacial score (nSPS) is 14.8. The number of ether oxygens (including phenoxy) is 2. The van der Waals surface area contributed by atoms with Crippen molar-refractivity contribution < 1.29 is 14.3 Å². The molecule has 1 aromatic heterocycles. The van der Waals surface area contributed by atoms with Crippen LogP contribution in [0.4, 0.5) is 4.79 Å². The third-order valence-corrected chi connectivity index (χ3v) is 7.89. The fourth-order valence-corrected chi connectivity index (χ4v) is 5.65. The summed E-state index contributed by atoms with van der Waals surface area (Å²) in [5.41, 5.74) is 5.89. The fourth-order valence-electron chi connectivity index (χ4n) is 5.65. The number of likely N-dealkylation sites (tertiary alicyclic amines) is 1. The number of aromatic nitrogens is 1. The van der Waals surface area contributed by atoms with E-state index in [4.69, 9.17) is 9.47 Å². The Labute approximate surface area is 245 Å². The topological polar surface area (TPSA) is 43.7 Å². The van der Waals surface area contributed by atoms with Crippen LogP contribution < -0.4 is 4.74 Å². The molecule has 0 aliphatic carbocycles. The molecule has 0 saturated carbocycles. The predicted molar refractivity (Wildman–Crippen MR) is 167 cm³/mol. The zero-order valence-corrected chi connectivity index (χ0v) is 25.4. The molecule has 1 fully saturated rings. The average Bonchev–Trinajstić information content (AvgIpc) is 3.30. The van der Waals surface area contributed by atoms with Crippen molar-refractivity contribution in [3.05, 3.63) is 101 Å². The van der Waals surface area contributed by atoms with Gasteiger partial charge in [0.25, 0.3) is 0 Å². The standard InChI is InChI=1S/C36H44N2O3/c1-35(2,3)29-17-15-26(16-18-29)23-38-24-30(28-19-21-37(22-20-28)34(39)41-36(4,5)6)33-31(38)13-10-14-32(33)40-25-27-11-8-7-9-12-27/h7-18,24,28H,19-23,25H2,1-6H3. The Kier molecular flexibility index (Phi) is 8.17. The second kappa shape index (κ2) is 11.6. The van der Waals surface area contributed by atoms with Crippen molar-refractivity contribution in [2.24, 2.45) is 0 Å². The first-order chi connectivity index (χ1) is 19.5. The van der Waals surface area contributed by atoms with Gasteiger partial charge >= 0.3 is 6.09 Å². The molecule has 1 amide bonds. The number of rotatable bonds is 6. The molecule has 1 aliphatic heterocycles. The number of piperidine rings is 1. The summed E-state index contributed by atoms with van der Waals surface area (Å²) < 4.78 is 14.5. The van der Waals surface area contributed by atoms with Crippen molar-refractivity contribution in [3.8, 4) is 5.75 Å². The Hall–Kier alpha value is -3.73. The number of fused-ring (bicyclic) bond motifs is 1. The third kappa shape index (κ3) is 6.95. The summed E-state index contributed by atoms with van der Waals surface area (Å²) in [6, 6.07) is 25.7. The summed E-state index contributed by atoms with van der Waals surface area (Å²) in [4.78, 5) is 14.6. The molecule has 0 N–H and O–H groups in total. The molecule has 1 saturated heterocycles. The molecule has 3 aromatic carbocycles. The van der Waals surface area contributed by atoms with Gasteiger partial charge in [0.2, 0.25) is 0 Å². The molecule has 0 radical (unpaired) electrons. The van der Waals surface area contributed by atoms with Gasteiger partial charge < -0.3 is 18.9 Å². The maximum absolute atomic E-state index is 12.7. The van der Waals surface area contributed by atoms with E-state index in [0.29, 0.717) is 25.6 Å². The van der Waals surface area contributed by atoms with Gasteiger partial charge in [-0.05, 0) is 79.3 Å². The van der Waals surface area contributed by atoms with E-state index in [1.807, 2.05) is 43.9 Å². The monoisotopic (exact) mass is 552 g/mol. The largest absolute Gasteiger partial charge is 0.488 e. The van der Waals surface area contributed by atoms with Crippen LogP contribution >= 0.6 is 0 Å². The summed E-state index contributed by atoms with van der Waals surface area (Å²) >= 11 is 0. The van der Waals surface area contributed by atoms with Crippen molar-refractivity contribution in [3.63, 3.8) is 0 Å². The zero-order valence-electron chi connectivity index (χ0n) is 25.4. The van der Waals surface area contributed by atoms with E-state index in [2.05, 4.69) is 86.1 Å². The van der Waals surface area contributed by atoms with Gasteiger partial charge in [0.05, 0.1) is 5.52 Å². The highest BCUT2D eigenvalue weighted by Gasteiger charge is 2.30. The van der Waals surface area contributed by atoms with Crippen LogP contribution in [0.3, 0.4) is 0 Å². The van der Waals surface area contributed by atoms with Gasteiger partial charge in [-0.1, -0.05) is 81.4 Å². The summed E-state index contributed by atoms with van der Waals surface area (Å²) in [6.45, 7) is 15.2. The van der Waals surface area contributed by atoms with Gasteiger partial charge in [-0.3, -0.25) is 0 Å². The van der Waals surface area contributed by atoms with Crippen molar-refractivity contribution in [2.45, 2.75) is 84.5 Å². The third-order valence-electron chi connectivity index (χ3n) is 7.89. The number of amides is 1. The minimum absolute atomic E-state index is 0.130. The van der Waals surface area contributed by atoms with Crippen LogP contribution in [0.5, 0.6) is 5.75 Å². The average molecular weight is 553 g/mol. The predicted octanol–water partition coefficient (Wildman–Crippen LogP) is 8.68. The van der Waals surface area contributed by atoms with E-state index in [9.17, 15) is 4.79 Å². The van der Waals surface area contributed by atoms with Crippen LogP contribution in [-0.4, -0.2) is 34.3 Å². The molecule has 41 heavy (non-hydrogen) atoms. The van der Waals surface area contributed by atoms with Crippen molar-refractivity contribution in [1.29, 1.82) is 0 Å². The van der Waals surface area contributed by atoms with Crippen molar-refractivity contribution in [1.82, 2.24) is 9.47 Å². The van der Waals surface area contributed by atoms with Crippen LogP contribution in [0.1, 0.15) is 82.6 Å². The van der Waals surface area contributed by atoms with Crippen LogP contribution in [0.25, 0.3) is 10.9 Å². The lowest BCUT2D eigenvalue weighted by Gasteiger charge is -2.33. The molecule has 5 heteroatoms. The molecular weight excluding hydrogens is 508 g/mol. The van der Waals surface area contributed by atoms with Crippen LogP contribution in [-0.2, 0) is 23.3 Å². The first-order valence-corrected chi connectivity index (χ1v) is 14.8. The number of benzene rings is 3. The first kappa shape index (κ1) is 28.8. The Morgan fingerprint density at radius 2 is 1.51 bits per heavy atom. The molecular formula is C36H44N2O3. The minimum atomic E-state index is -0.489. The van der Waals surface area contributed by atoms with E-state index in [0.717, 1.165) is 30.7 Å². The minimum Gasteiger partial charge on any atom is -0.488 e. The van der Waals surface area contributed by atoms with Gasteiger partial charge in [-0.2, -0.15) is 0 Å². The molecule has 4 aromatic rings. The van der Waals surface area contributed by atoms with E-state index in [-0.39, 0.29) is 11.5 Å². The molecule has 5 nitrogen and oxygen atoms in total. The maximum Gasteiger partial charge on any atom is 0.410 e. The highest BCUT2D eigenvalue weighted by atomic mass is 16.6. The number of carbonyl (C=O) groups is 1. The quantitative estimate of drug-likeness (QED) is 0.240. The van der Waals surface area contributed by atoms with E-state index < -0.39 is 5.60 Å². The highest BCUT2D eigenvalue weighted by Crippen LogP contribution is 2.40. The molecule has 1 aliphatic rings. The van der Waals surface area contributed by atoms with Gasteiger partial charge in [-0.15, -0.1) is 0 Å². The van der Waals surface area contributed by atoms with Gasteiger partial charge in [0.15, 0.2) is 0 Å². The van der Waals surface area contributed by atoms with E-state index in [1.165, 1.54) is 27.6 Å². The summed E-state index contributed by atoms with van der Waals surface area (Å²) in [6.07, 6.45) is 3.90. The van der Waals surface area contributed by atoms with Crippen LogP contribution in [0.2, 0.25) is 0 Å². The number of hydrogen-bond donors (Lipinski definition) is 0. The molecule has 5 rings (SSSR count). The molecule has 2 heterocycles. The smallest absolute Gasteiger partial charge is 0.410 e. The first-order valence-electron chi connectivity index (χ1n) is 14.8. The Balaban J connectivity index is 1.44. The second-order valence-corrected chi connectivity index (χ2v) is 13.3. The Morgan fingerprint density at radius 1 is 0.829 bits per heavy atom. The highest BCUT2D eigenvalue weighted by molar-refractivity contribution is 5.90. The van der Waals surface area contributed by atoms with Gasteiger partial charge in [0.1, 0.15) is 18.0 Å². The molecule has 216 valence electrons. The zero-order chi connectivity index (χ0) is 29.2. The van der Waals surface area contributed by atoms with Crippen LogP contribution in [0, 0.1) is 0 Å². The molecule has 0 unspecified atom stereocenters. The lowest BCUT2D eigenvalue weighted by atomic mass is 9.87. The molecule has 0 bridgehead atoms. The fraction of sp³-hybridized carbons (Fsp3) is 0.417. The SMILES string of the molecule is CC(C)(C)OC(=O)N1CCC(c2cn(Cc3ccc(C(C)(C)C)cc3)c3cccc(OCc4ccccc4)c23)CC1. The van der Waals surface area contributed by atoms with Crippen molar-refractivity contribution >= 4 is 17.0 Å². The summed E-state index contributed by atoms with van der Waals surface area (Å²) in [5, 5.41) is 1.19. The molecule has 0 spiro atoms. The van der Waals surface area contributed by atoms with E-state index in [1.54, 1.807) is 0 Å². The maximum atomic E-state index is 12.7. The summed E-state index contributed by atoms with van der Waals surface area (Å²) in [5.74, 6) is 1.25. The Morgan fingerprint density at radius 3 is 2.15 bits per heavy atom. The van der Waals surface area contributed by atoms with Crippen LogP contribution in [0.15, 0.2) is 79.0 Å². The lowest BCUT2D eigenvalue weighted by Crippen LogP contribution is -2.41. The van der Waals surface area contributed by atoms with Crippen molar-refractivity contribution in [2.75, 3.05) is 13.1 Å². The van der Waals surface area contributed by atoms with Gasteiger partial charge in [0, 0.05) is 31.2 Å². The van der Waals surface area contributed by atoms with E-state index >= 15 is 0 Å². The number of carbonyl (C=O) groups excluding carboxylic acids is 1. The lowest BCUT2D eigenvalue weighted by molar-refractivity contribution is 0.0205. The summed E-state index contributed by atoms with van der Waals surface area (Å²) in [7, 11) is 0. The second-order valence-electron chi connectivity index (χ2n) is 13.3. The Bertz CT molecular complexity index is 1470. The number of hydrogen-bond acceptors (Lipinski definition) is 3.